The van der Waals surface area contributed by atoms with E-state index in [9.17, 15) is 4.79 Å². The lowest BCUT2D eigenvalue weighted by molar-refractivity contribution is -0.154. The van der Waals surface area contributed by atoms with Gasteiger partial charge in [0.05, 0.1) is 0 Å². The summed E-state index contributed by atoms with van der Waals surface area (Å²) >= 11 is 11.7. The molecule has 0 fully saturated rings. The fourth-order valence-electron chi connectivity index (χ4n) is 0.714. The number of esters is 1. The van der Waals surface area contributed by atoms with Crippen LogP contribution >= 0.6 is 22.2 Å². The molecule has 2 nitrogen and oxygen atoms in total. The maximum atomic E-state index is 11.2. The van der Waals surface area contributed by atoms with Gasteiger partial charge in [-0.1, -0.05) is 0 Å². The number of carbonyl (C=O) groups excluding carboxylic acids is 1. The summed E-state index contributed by atoms with van der Waals surface area (Å²) in [4.78, 5) is 11.2. The predicted octanol–water partition coefficient (Wildman–Crippen LogP) is 3.27. The lowest BCUT2D eigenvalue weighted by atomic mass is 10.2. The molecule has 0 aromatic carbocycles. The van der Waals surface area contributed by atoms with Crippen molar-refractivity contribution in [3.05, 3.63) is 0 Å². The minimum Gasteiger partial charge on any atom is -0.460 e. The maximum absolute atomic E-state index is 11.2. The zero-order valence-corrected chi connectivity index (χ0v) is 11.0. The van der Waals surface area contributed by atoms with Crippen molar-refractivity contribution in [2.45, 2.75) is 45.4 Å². The van der Waals surface area contributed by atoms with Gasteiger partial charge in [-0.2, -0.15) is 0 Å². The van der Waals surface area contributed by atoms with Gasteiger partial charge < -0.3 is 4.74 Å². The molecule has 0 heterocycles. The molecule has 13 heavy (non-hydrogen) atoms. The minimum absolute atomic E-state index is 0.229. The largest absolute Gasteiger partial charge is 0.460 e. The Hall–Kier alpha value is 0.267. The van der Waals surface area contributed by atoms with Gasteiger partial charge in [-0.15, -0.1) is 22.2 Å². The van der Waals surface area contributed by atoms with Gasteiger partial charge in [0.1, 0.15) is 5.60 Å². The van der Waals surface area contributed by atoms with Gasteiger partial charge in [-0.3, -0.25) is 4.79 Å². The third kappa shape index (κ3) is 10.2. The molecule has 0 saturated heterocycles. The fraction of sp³-hybridized carbons (Fsp3) is 0.875. The van der Waals surface area contributed by atoms with Crippen LogP contribution in [0.2, 0.25) is 12.6 Å². The Morgan fingerprint density at radius 3 is 2.15 bits per heavy atom. The molecule has 0 aromatic heterocycles. The van der Waals surface area contributed by atoms with Crippen molar-refractivity contribution < 1.29 is 9.53 Å². The highest BCUT2D eigenvalue weighted by atomic mass is 35.7. The molecule has 0 N–H and O–H groups in total. The normalized spacial score (nSPS) is 12.8. The lowest BCUT2D eigenvalue weighted by Crippen LogP contribution is -2.25. The molecule has 0 atom stereocenters. The number of ether oxygens (including phenoxy) is 1. The molecule has 0 rings (SSSR count). The molecule has 0 saturated carbocycles. The molecule has 0 bridgehead atoms. The molecule has 0 unspecified atom stereocenters. The van der Waals surface area contributed by atoms with Crippen LogP contribution in [-0.2, 0) is 9.53 Å². The molecule has 0 aliphatic carbocycles. The first kappa shape index (κ1) is 13.3. The molecule has 0 amide bonds. The topological polar surface area (TPSA) is 26.3 Å². The first-order chi connectivity index (χ1) is 5.60. The van der Waals surface area contributed by atoms with Crippen LogP contribution in [0.15, 0.2) is 0 Å². The molecule has 0 aromatic rings. The third-order valence-electron chi connectivity index (χ3n) is 1.19. The van der Waals surface area contributed by atoms with E-state index < -0.39 is 12.3 Å². The van der Waals surface area contributed by atoms with Gasteiger partial charge in [-0.05, 0) is 33.4 Å². The molecular weight excluding hydrogens is 227 g/mol. The van der Waals surface area contributed by atoms with E-state index in [1.807, 2.05) is 20.8 Å². The van der Waals surface area contributed by atoms with Crippen LogP contribution in [0.25, 0.3) is 0 Å². The van der Waals surface area contributed by atoms with E-state index in [1.54, 1.807) is 6.55 Å². The minimum atomic E-state index is -2.15. The van der Waals surface area contributed by atoms with Gasteiger partial charge in [-0.25, -0.2) is 0 Å². The Morgan fingerprint density at radius 2 is 1.85 bits per heavy atom. The molecule has 0 aliphatic rings. The van der Waals surface area contributed by atoms with Gasteiger partial charge in [0.15, 0.2) is 0 Å². The highest BCUT2D eigenvalue weighted by Gasteiger charge is 2.24. The van der Waals surface area contributed by atoms with Gasteiger partial charge in [0.25, 0.3) is 0 Å². The summed E-state index contributed by atoms with van der Waals surface area (Å²) in [5.41, 5.74) is -0.423. The van der Waals surface area contributed by atoms with Crippen LogP contribution in [-0.4, -0.2) is 18.3 Å². The van der Waals surface area contributed by atoms with Crippen molar-refractivity contribution in [2.75, 3.05) is 0 Å². The SMILES string of the molecule is CC(C)(C)OC(=O)CC[Si](C)(Cl)Cl. The van der Waals surface area contributed by atoms with Gasteiger partial charge >= 0.3 is 5.97 Å². The van der Waals surface area contributed by atoms with Crippen molar-refractivity contribution in [1.82, 2.24) is 0 Å². The monoisotopic (exact) mass is 242 g/mol. The smallest absolute Gasteiger partial charge is 0.306 e. The Balaban J connectivity index is 3.78. The highest BCUT2D eigenvalue weighted by molar-refractivity contribution is 7.44. The first-order valence-corrected chi connectivity index (χ1v) is 8.93. The number of carbonyl (C=O) groups is 1. The number of rotatable bonds is 3. The molecule has 0 radical (unpaired) electrons. The van der Waals surface area contributed by atoms with E-state index in [-0.39, 0.29) is 5.97 Å². The van der Waals surface area contributed by atoms with Crippen LogP contribution in [0.1, 0.15) is 27.2 Å². The summed E-state index contributed by atoms with van der Waals surface area (Å²) in [5.74, 6) is -0.229. The summed E-state index contributed by atoms with van der Waals surface area (Å²) in [7, 11) is 0. The zero-order chi connectivity index (χ0) is 10.7. The fourth-order valence-corrected chi connectivity index (χ4v) is 1.92. The molecule has 0 aliphatic heterocycles. The number of halogens is 2. The van der Waals surface area contributed by atoms with Crippen LogP contribution in [0, 0.1) is 0 Å². The van der Waals surface area contributed by atoms with Crippen LogP contribution < -0.4 is 0 Å². The van der Waals surface area contributed by atoms with Gasteiger partial charge in [0, 0.05) is 6.42 Å². The summed E-state index contributed by atoms with van der Waals surface area (Å²) < 4.78 is 5.10. The van der Waals surface area contributed by atoms with E-state index >= 15 is 0 Å². The second kappa shape index (κ2) is 4.67. The average Bonchev–Trinajstić information content (AvgIpc) is 1.78. The van der Waals surface area contributed by atoms with E-state index in [0.717, 1.165) is 0 Å². The molecular formula is C8H16Cl2O2Si. The van der Waals surface area contributed by atoms with E-state index in [0.29, 0.717) is 12.5 Å². The van der Waals surface area contributed by atoms with Crippen LogP contribution in [0.5, 0.6) is 0 Å². The molecule has 78 valence electrons. The third-order valence-corrected chi connectivity index (χ3v) is 3.45. The number of hydrogen-bond acceptors (Lipinski definition) is 2. The lowest BCUT2D eigenvalue weighted by Gasteiger charge is -2.20. The summed E-state index contributed by atoms with van der Waals surface area (Å²) in [5, 5.41) is 0. The van der Waals surface area contributed by atoms with E-state index in [1.165, 1.54) is 0 Å². The standard InChI is InChI=1S/C8H16Cl2O2Si/c1-8(2,3)12-7(11)5-6-13(4,9)10/h5-6H2,1-4H3. The second-order valence-electron chi connectivity index (χ2n) is 4.16. The quantitative estimate of drug-likeness (QED) is 0.432. The predicted molar refractivity (Wildman–Crippen MR) is 58.6 cm³/mol. The van der Waals surface area contributed by atoms with E-state index in [2.05, 4.69) is 0 Å². The Labute approximate surface area is 90.0 Å². The van der Waals surface area contributed by atoms with E-state index in [4.69, 9.17) is 26.9 Å². The van der Waals surface area contributed by atoms with Crippen LogP contribution in [0.4, 0.5) is 0 Å². The van der Waals surface area contributed by atoms with Gasteiger partial charge in [0.2, 0.25) is 6.69 Å². The summed E-state index contributed by atoms with van der Waals surface area (Å²) in [6.07, 6.45) is 0.312. The summed E-state index contributed by atoms with van der Waals surface area (Å²) in [6.45, 7) is 5.15. The number of hydrogen-bond donors (Lipinski definition) is 0. The molecule has 5 heteroatoms. The van der Waals surface area contributed by atoms with Crippen molar-refractivity contribution >= 4 is 34.8 Å². The zero-order valence-electron chi connectivity index (χ0n) is 8.49. The Kier molecular flexibility index (Phi) is 4.76. The van der Waals surface area contributed by atoms with Crippen LogP contribution in [0.3, 0.4) is 0 Å². The van der Waals surface area contributed by atoms with Crippen molar-refractivity contribution in [2.24, 2.45) is 0 Å². The van der Waals surface area contributed by atoms with Crippen molar-refractivity contribution in [3.8, 4) is 0 Å². The Bertz CT molecular complexity index is 182. The maximum Gasteiger partial charge on any atom is 0.306 e. The molecule has 0 spiro atoms. The van der Waals surface area contributed by atoms with Crippen molar-refractivity contribution in [1.29, 1.82) is 0 Å². The second-order valence-corrected chi connectivity index (χ2v) is 12.4. The van der Waals surface area contributed by atoms with Crippen molar-refractivity contribution in [3.63, 3.8) is 0 Å². The first-order valence-electron chi connectivity index (χ1n) is 4.20. The average molecular weight is 243 g/mol. The highest BCUT2D eigenvalue weighted by Crippen LogP contribution is 2.22. The Morgan fingerprint density at radius 1 is 1.38 bits per heavy atom. The summed E-state index contributed by atoms with van der Waals surface area (Å²) in [6, 6.07) is 0.547.